The molecule has 2 N–H and O–H groups in total. The highest BCUT2D eigenvalue weighted by Crippen LogP contribution is 2.13. The van der Waals surface area contributed by atoms with Gasteiger partial charge in [0.2, 0.25) is 0 Å². The van der Waals surface area contributed by atoms with Crippen molar-refractivity contribution in [2.24, 2.45) is 0 Å². The molecule has 0 radical (unpaired) electrons. The minimum Gasteiger partial charge on any atom is -0.463 e. The molecule has 1 atom stereocenters. The Kier molecular flexibility index (Phi) is 5.85. The van der Waals surface area contributed by atoms with Gasteiger partial charge in [-0.25, -0.2) is 0 Å². The molecule has 2 heterocycles. The summed E-state index contributed by atoms with van der Waals surface area (Å²) in [4.78, 5) is 14.8. The molecule has 0 aliphatic heterocycles. The van der Waals surface area contributed by atoms with Crippen molar-refractivity contribution in [1.29, 1.82) is 0 Å². The smallest absolute Gasteiger partial charge is 0.279 e. The van der Waals surface area contributed by atoms with E-state index in [2.05, 4.69) is 32.7 Å². The first-order valence-corrected chi connectivity index (χ1v) is 9.30. The topological polar surface area (TPSA) is 46.7 Å². The van der Waals surface area contributed by atoms with E-state index in [0.717, 1.165) is 27.4 Å². The first-order chi connectivity index (χ1) is 11.7. The van der Waals surface area contributed by atoms with Crippen molar-refractivity contribution in [2.75, 3.05) is 11.9 Å². The molecule has 0 saturated heterocycles. The summed E-state index contributed by atoms with van der Waals surface area (Å²) in [6, 6.07) is 15.5. The summed E-state index contributed by atoms with van der Waals surface area (Å²) in [7, 11) is 0. The second-order valence-electron chi connectivity index (χ2n) is 5.49. The van der Waals surface area contributed by atoms with E-state index < -0.39 is 0 Å². The van der Waals surface area contributed by atoms with E-state index in [1.165, 1.54) is 4.88 Å². The van der Waals surface area contributed by atoms with Crippen LogP contribution in [0.1, 0.15) is 10.6 Å². The predicted molar refractivity (Wildman–Crippen MR) is 99.0 cm³/mol. The fraction of sp³-hybridized carbons (Fsp3) is 0.167. The summed E-state index contributed by atoms with van der Waals surface area (Å²) in [5.41, 5.74) is 0.802. The molecule has 0 bridgehead atoms. The maximum Gasteiger partial charge on any atom is 0.279 e. The van der Waals surface area contributed by atoms with Crippen LogP contribution in [0.4, 0.5) is 5.69 Å². The molecule has 0 spiro atoms. The molecular formula is C18H18BrN2O2S+. The van der Waals surface area contributed by atoms with Crippen LogP contribution in [-0.2, 0) is 17.9 Å². The fourth-order valence-electron chi connectivity index (χ4n) is 2.47. The zero-order valence-electron chi connectivity index (χ0n) is 13.0. The number of amides is 1. The zero-order chi connectivity index (χ0) is 16.8. The summed E-state index contributed by atoms with van der Waals surface area (Å²) >= 11 is 5.10. The van der Waals surface area contributed by atoms with E-state index in [9.17, 15) is 4.79 Å². The molecule has 3 rings (SSSR count). The van der Waals surface area contributed by atoms with Gasteiger partial charge in [-0.05, 0) is 47.8 Å². The van der Waals surface area contributed by atoms with Gasteiger partial charge in [0, 0.05) is 10.2 Å². The molecule has 24 heavy (non-hydrogen) atoms. The molecule has 124 valence electrons. The van der Waals surface area contributed by atoms with Crippen LogP contribution in [0, 0.1) is 0 Å². The van der Waals surface area contributed by atoms with Crippen molar-refractivity contribution in [2.45, 2.75) is 13.1 Å². The van der Waals surface area contributed by atoms with Gasteiger partial charge in [-0.2, -0.15) is 0 Å². The van der Waals surface area contributed by atoms with Crippen molar-refractivity contribution in [3.63, 3.8) is 0 Å². The molecular weight excluding hydrogens is 388 g/mol. The van der Waals surface area contributed by atoms with E-state index in [-0.39, 0.29) is 5.91 Å². The van der Waals surface area contributed by atoms with Crippen molar-refractivity contribution >= 4 is 38.9 Å². The first-order valence-electron chi connectivity index (χ1n) is 7.63. The Hall–Kier alpha value is -1.89. The number of carbonyl (C=O) groups is 1. The van der Waals surface area contributed by atoms with Gasteiger partial charge in [0.1, 0.15) is 13.1 Å². The van der Waals surface area contributed by atoms with Crippen LogP contribution in [0.5, 0.6) is 0 Å². The number of furan rings is 1. The highest BCUT2D eigenvalue weighted by molar-refractivity contribution is 9.10. The van der Waals surface area contributed by atoms with Gasteiger partial charge in [-0.3, -0.25) is 4.79 Å². The van der Waals surface area contributed by atoms with E-state index in [0.29, 0.717) is 13.1 Å². The third-order valence-corrected chi connectivity index (χ3v) is 4.95. The molecule has 0 aliphatic rings. The third kappa shape index (κ3) is 5.06. The molecule has 6 heteroatoms. The standard InChI is InChI=1S/C18H17BrN2O2S/c19-14-5-7-15(8-6-14)20-18(22)13-21(11-16-3-1-9-23-16)12-17-4-2-10-24-17/h1-10H,11-13H2,(H,20,22)/p+1. The Morgan fingerprint density at radius 1 is 1.12 bits per heavy atom. The maximum atomic E-state index is 12.4. The number of nitrogens with one attached hydrogen (secondary N) is 2. The Labute approximate surface area is 153 Å². The summed E-state index contributed by atoms with van der Waals surface area (Å²) in [5, 5.41) is 5.01. The molecule has 3 aromatic rings. The molecule has 0 saturated carbocycles. The number of benzene rings is 1. The molecule has 1 aromatic carbocycles. The minimum atomic E-state index is -0.00423. The van der Waals surface area contributed by atoms with Crippen LogP contribution in [0.15, 0.2) is 69.1 Å². The van der Waals surface area contributed by atoms with E-state index >= 15 is 0 Å². The second-order valence-corrected chi connectivity index (χ2v) is 7.44. The largest absolute Gasteiger partial charge is 0.463 e. The summed E-state index contributed by atoms with van der Waals surface area (Å²) in [5.74, 6) is 0.883. The fourth-order valence-corrected chi connectivity index (χ4v) is 3.51. The molecule has 2 aromatic heterocycles. The predicted octanol–water partition coefficient (Wildman–Crippen LogP) is 3.33. The Morgan fingerprint density at radius 3 is 2.62 bits per heavy atom. The normalized spacial score (nSPS) is 12.0. The number of quaternary nitrogens is 1. The first kappa shape index (κ1) is 17.0. The number of rotatable bonds is 7. The van der Waals surface area contributed by atoms with Gasteiger partial charge in [-0.1, -0.05) is 22.0 Å². The Balaban J connectivity index is 1.63. The van der Waals surface area contributed by atoms with Crippen molar-refractivity contribution in [3.05, 3.63) is 75.3 Å². The second kappa shape index (κ2) is 8.28. The highest BCUT2D eigenvalue weighted by atomic mass is 79.9. The third-order valence-electron chi connectivity index (χ3n) is 3.55. The quantitative estimate of drug-likeness (QED) is 0.633. The van der Waals surface area contributed by atoms with Gasteiger partial charge in [0.25, 0.3) is 5.91 Å². The van der Waals surface area contributed by atoms with E-state index in [1.54, 1.807) is 17.6 Å². The lowest BCUT2D eigenvalue weighted by Gasteiger charge is -2.17. The van der Waals surface area contributed by atoms with Crippen molar-refractivity contribution in [3.8, 4) is 0 Å². The molecule has 1 unspecified atom stereocenters. The average molecular weight is 406 g/mol. The summed E-state index contributed by atoms with van der Waals surface area (Å²) in [6.07, 6.45) is 1.67. The van der Waals surface area contributed by atoms with Gasteiger partial charge in [0.05, 0.1) is 11.1 Å². The number of carbonyl (C=O) groups excluding carboxylic acids is 1. The van der Waals surface area contributed by atoms with Gasteiger partial charge >= 0.3 is 0 Å². The Morgan fingerprint density at radius 2 is 1.96 bits per heavy atom. The molecule has 4 nitrogen and oxygen atoms in total. The van der Waals surface area contributed by atoms with E-state index in [1.807, 2.05) is 42.5 Å². The molecule has 1 amide bonds. The number of halogens is 1. The SMILES string of the molecule is O=C(C[NH+](Cc1ccco1)Cc1cccs1)Nc1ccc(Br)cc1. The van der Waals surface area contributed by atoms with Crippen LogP contribution in [0.3, 0.4) is 0 Å². The number of hydrogen-bond donors (Lipinski definition) is 2. The molecule has 0 fully saturated rings. The van der Waals surface area contributed by atoms with Gasteiger partial charge in [-0.15, -0.1) is 11.3 Å². The van der Waals surface area contributed by atoms with Gasteiger partial charge in [0.15, 0.2) is 12.3 Å². The lowest BCUT2D eigenvalue weighted by atomic mass is 10.3. The zero-order valence-corrected chi connectivity index (χ0v) is 15.4. The van der Waals surface area contributed by atoms with Crippen LogP contribution >= 0.6 is 27.3 Å². The van der Waals surface area contributed by atoms with Gasteiger partial charge < -0.3 is 14.6 Å². The number of anilines is 1. The van der Waals surface area contributed by atoms with Crippen LogP contribution < -0.4 is 10.2 Å². The maximum absolute atomic E-state index is 12.4. The Bertz CT molecular complexity index is 719. The number of hydrogen-bond acceptors (Lipinski definition) is 3. The monoisotopic (exact) mass is 405 g/mol. The molecule has 0 aliphatic carbocycles. The lowest BCUT2D eigenvalue weighted by Crippen LogP contribution is -3.10. The summed E-state index contributed by atoms with van der Waals surface area (Å²) < 4.78 is 6.43. The van der Waals surface area contributed by atoms with E-state index in [4.69, 9.17) is 4.42 Å². The van der Waals surface area contributed by atoms with Crippen LogP contribution in [0.25, 0.3) is 0 Å². The summed E-state index contributed by atoms with van der Waals surface area (Å²) in [6.45, 7) is 1.86. The van der Waals surface area contributed by atoms with Crippen molar-refractivity contribution in [1.82, 2.24) is 0 Å². The van der Waals surface area contributed by atoms with Crippen LogP contribution in [-0.4, -0.2) is 12.5 Å². The van der Waals surface area contributed by atoms with Crippen molar-refractivity contribution < 1.29 is 14.1 Å². The minimum absolute atomic E-state index is 0.00423. The average Bonchev–Trinajstić information content (AvgIpc) is 3.23. The number of thiophene rings is 1. The lowest BCUT2D eigenvalue weighted by molar-refractivity contribution is -0.920. The highest BCUT2D eigenvalue weighted by Gasteiger charge is 2.17. The van der Waals surface area contributed by atoms with Crippen LogP contribution in [0.2, 0.25) is 0 Å².